The van der Waals surface area contributed by atoms with Gasteiger partial charge in [-0.1, -0.05) is 11.6 Å². The minimum Gasteiger partial charge on any atom is -0.490 e. The normalized spacial score (nSPS) is 23.9. The number of piperidine rings is 2. The first-order valence-electron chi connectivity index (χ1n) is 19.3. The fourth-order valence-electron chi connectivity index (χ4n) is 9.37. The summed E-state index contributed by atoms with van der Waals surface area (Å²) in [6.07, 6.45) is 4.95. The number of carbonyl (C=O) groups excluding carboxylic acids is 6. The van der Waals surface area contributed by atoms with Gasteiger partial charge >= 0.3 is 0 Å². The fraction of sp³-hybridized carbons (Fsp3) is 0.405. The molecule has 3 aromatic carbocycles. The van der Waals surface area contributed by atoms with E-state index in [0.29, 0.717) is 71.3 Å². The summed E-state index contributed by atoms with van der Waals surface area (Å²) in [5, 5.41) is 11.7. The summed E-state index contributed by atoms with van der Waals surface area (Å²) < 4.78 is 6.15. The lowest BCUT2D eigenvalue weighted by Crippen LogP contribution is -2.54. The summed E-state index contributed by atoms with van der Waals surface area (Å²) in [4.78, 5) is 85.1. The average Bonchev–Trinajstić information content (AvgIpc) is 3.85. The van der Waals surface area contributed by atoms with E-state index in [-0.39, 0.29) is 42.8 Å². The number of carbonyl (C=O) groups is 6. The Morgan fingerprint density at radius 1 is 0.750 bits per heavy atom. The number of hydrogen-bond donors (Lipinski definition) is 1. The summed E-state index contributed by atoms with van der Waals surface area (Å²) in [6.45, 7) is 2.90. The second-order valence-electron chi connectivity index (χ2n) is 15.6. The largest absolute Gasteiger partial charge is 0.490 e. The summed E-state index contributed by atoms with van der Waals surface area (Å²) in [7, 11) is 0. The van der Waals surface area contributed by atoms with Gasteiger partial charge in [0.25, 0.3) is 23.6 Å². The van der Waals surface area contributed by atoms with Gasteiger partial charge in [0.1, 0.15) is 17.9 Å². The Hall–Kier alpha value is -5.58. The Labute approximate surface area is 328 Å². The minimum atomic E-state index is -0.992. The van der Waals surface area contributed by atoms with Gasteiger partial charge in [-0.05, 0) is 104 Å². The lowest BCUT2D eigenvalue weighted by atomic mass is 9.92. The van der Waals surface area contributed by atoms with E-state index in [1.807, 2.05) is 15.9 Å². The van der Waals surface area contributed by atoms with Gasteiger partial charge in [0, 0.05) is 68.4 Å². The molecule has 5 aliphatic heterocycles. The topological polar surface area (TPSA) is 160 Å². The van der Waals surface area contributed by atoms with Crippen LogP contribution in [-0.2, 0) is 29.2 Å². The molecule has 5 heterocycles. The Morgan fingerprint density at radius 2 is 1.45 bits per heavy atom. The van der Waals surface area contributed by atoms with Crippen LogP contribution in [0.25, 0.3) is 0 Å². The molecule has 6 aliphatic rings. The number of halogens is 1. The molecule has 0 spiro atoms. The lowest BCUT2D eigenvalue weighted by molar-refractivity contribution is -0.136. The van der Waals surface area contributed by atoms with Crippen molar-refractivity contribution in [2.75, 3.05) is 13.1 Å². The van der Waals surface area contributed by atoms with Crippen molar-refractivity contribution in [3.05, 3.63) is 98.1 Å². The van der Waals surface area contributed by atoms with Crippen LogP contribution >= 0.6 is 11.6 Å². The van der Waals surface area contributed by atoms with E-state index in [0.717, 1.165) is 60.1 Å². The molecule has 1 saturated carbocycles. The molecule has 56 heavy (non-hydrogen) atoms. The molecule has 1 unspecified atom stereocenters. The van der Waals surface area contributed by atoms with Crippen LogP contribution < -0.4 is 10.1 Å². The van der Waals surface area contributed by atoms with Gasteiger partial charge in [0.05, 0.1) is 27.8 Å². The number of nitriles is 1. The predicted molar refractivity (Wildman–Crippen MR) is 200 cm³/mol. The number of hydrogen-bond acceptors (Lipinski definition) is 9. The maximum Gasteiger partial charge on any atom is 0.262 e. The molecule has 1 atom stereocenters. The van der Waals surface area contributed by atoms with Crippen LogP contribution in [0.3, 0.4) is 0 Å². The standard InChI is InChI=1S/C42H39ClN6O7/c43-35-18-31(5-1-24(35)19-44)56-30-6-3-29(4-7-30)48-22-27-15-23(2-8-32(27)40(48)53)39(52)46-13-11-28(12-14-46)47-20-25-16-33-34(17-26(25)21-47)42(55)49(41(33)54)36-9-10-37(50)45-38(36)51/h1-2,5,8,15-18,28-30,36H,3-4,6-7,9-14,20-22H2,(H,45,50,51). The maximum absolute atomic E-state index is 13.7. The third kappa shape index (κ3) is 6.30. The van der Waals surface area contributed by atoms with Crippen molar-refractivity contribution in [2.45, 2.75) is 95.2 Å². The SMILES string of the molecule is N#Cc1ccc(OC2CCC(N3Cc4cc(C(=O)N5CCC(N6Cc7cc8c(cc7C6)C(=O)N(C6CCC(=O)NC6=O)C8=O)CC5)ccc4C3=O)CC2)cc1Cl. The zero-order valence-electron chi connectivity index (χ0n) is 30.6. The van der Waals surface area contributed by atoms with Gasteiger partial charge < -0.3 is 14.5 Å². The summed E-state index contributed by atoms with van der Waals surface area (Å²) in [5.41, 5.74) is 5.06. The molecular weight excluding hydrogens is 736 g/mol. The first kappa shape index (κ1) is 36.1. The highest BCUT2D eigenvalue weighted by molar-refractivity contribution is 6.31. The van der Waals surface area contributed by atoms with Crippen LogP contribution in [0.5, 0.6) is 5.75 Å². The van der Waals surface area contributed by atoms with E-state index < -0.39 is 29.7 Å². The van der Waals surface area contributed by atoms with Crippen LogP contribution in [0.4, 0.5) is 0 Å². The first-order chi connectivity index (χ1) is 27.1. The number of likely N-dealkylation sites (tertiary alicyclic amines) is 1. The Kier molecular flexibility index (Phi) is 9.13. The van der Waals surface area contributed by atoms with Crippen molar-refractivity contribution < 1.29 is 33.5 Å². The molecule has 9 rings (SSSR count). The highest BCUT2D eigenvalue weighted by Gasteiger charge is 2.46. The molecule has 1 N–H and O–H groups in total. The van der Waals surface area contributed by atoms with Crippen LogP contribution in [0.2, 0.25) is 5.02 Å². The van der Waals surface area contributed by atoms with Crippen LogP contribution in [0.1, 0.15) is 115 Å². The lowest BCUT2D eigenvalue weighted by Gasteiger charge is -2.36. The van der Waals surface area contributed by atoms with Gasteiger partial charge in [-0.25, -0.2) is 0 Å². The van der Waals surface area contributed by atoms with Crippen LogP contribution in [0.15, 0.2) is 48.5 Å². The number of amides is 6. The molecule has 3 aromatic rings. The third-order valence-electron chi connectivity index (χ3n) is 12.4. The van der Waals surface area contributed by atoms with Crippen molar-refractivity contribution in [3.63, 3.8) is 0 Å². The van der Waals surface area contributed by atoms with Gasteiger partial charge in [0.2, 0.25) is 11.8 Å². The second kappa shape index (κ2) is 14.2. The molecule has 6 amide bonds. The molecule has 3 fully saturated rings. The smallest absolute Gasteiger partial charge is 0.262 e. The highest BCUT2D eigenvalue weighted by Crippen LogP contribution is 2.37. The van der Waals surface area contributed by atoms with Crippen molar-refractivity contribution in [2.24, 2.45) is 0 Å². The van der Waals surface area contributed by atoms with E-state index in [2.05, 4.69) is 16.3 Å². The molecule has 0 bridgehead atoms. The number of benzene rings is 3. The fourth-order valence-corrected chi connectivity index (χ4v) is 9.58. The molecule has 286 valence electrons. The zero-order valence-corrected chi connectivity index (χ0v) is 31.3. The summed E-state index contributed by atoms with van der Waals surface area (Å²) >= 11 is 6.18. The molecule has 1 aliphatic carbocycles. The number of nitrogens with zero attached hydrogens (tertiary/aromatic N) is 5. The number of rotatable bonds is 6. The number of fused-ring (bicyclic) bond motifs is 3. The van der Waals surface area contributed by atoms with Crippen LogP contribution in [0, 0.1) is 11.3 Å². The molecule has 13 nitrogen and oxygen atoms in total. The summed E-state index contributed by atoms with van der Waals surface area (Å²) in [5.74, 6) is -1.45. The number of nitrogens with one attached hydrogen (secondary N) is 1. The number of imide groups is 2. The van der Waals surface area contributed by atoms with Gasteiger partial charge in [-0.15, -0.1) is 0 Å². The highest BCUT2D eigenvalue weighted by atomic mass is 35.5. The van der Waals surface area contributed by atoms with E-state index in [1.165, 1.54) is 0 Å². The molecule has 0 aromatic heterocycles. The minimum absolute atomic E-state index is 0.000247. The molecular formula is C42H39ClN6O7. The third-order valence-corrected chi connectivity index (χ3v) is 12.7. The zero-order chi connectivity index (χ0) is 38.8. The maximum atomic E-state index is 13.7. The molecule has 0 radical (unpaired) electrons. The van der Waals surface area contributed by atoms with Crippen LogP contribution in [-0.4, -0.2) is 92.4 Å². The number of ether oxygens (including phenoxy) is 1. The van der Waals surface area contributed by atoms with E-state index in [4.69, 9.17) is 21.6 Å². The van der Waals surface area contributed by atoms with Crippen molar-refractivity contribution >= 4 is 47.0 Å². The van der Waals surface area contributed by atoms with Crippen molar-refractivity contribution in [3.8, 4) is 11.8 Å². The Balaban J connectivity index is 0.777. The van der Waals surface area contributed by atoms with Gasteiger partial charge in [-0.2, -0.15) is 5.26 Å². The Morgan fingerprint density at radius 3 is 2.09 bits per heavy atom. The second-order valence-corrected chi connectivity index (χ2v) is 16.1. The predicted octanol–water partition coefficient (Wildman–Crippen LogP) is 4.58. The molecule has 2 saturated heterocycles. The summed E-state index contributed by atoms with van der Waals surface area (Å²) in [6, 6.07) is 15.5. The first-order valence-corrected chi connectivity index (χ1v) is 19.6. The van der Waals surface area contributed by atoms with E-state index >= 15 is 0 Å². The van der Waals surface area contributed by atoms with Gasteiger partial charge in [-0.3, -0.25) is 43.9 Å². The quantitative estimate of drug-likeness (QED) is 0.354. The Bertz CT molecular complexity index is 2230. The van der Waals surface area contributed by atoms with E-state index in [1.54, 1.807) is 42.5 Å². The van der Waals surface area contributed by atoms with Gasteiger partial charge in [0.15, 0.2) is 0 Å². The van der Waals surface area contributed by atoms with E-state index in [9.17, 15) is 28.8 Å². The monoisotopic (exact) mass is 774 g/mol. The molecule has 14 heteroatoms. The van der Waals surface area contributed by atoms with Crippen molar-refractivity contribution in [1.29, 1.82) is 5.26 Å². The van der Waals surface area contributed by atoms with Crippen molar-refractivity contribution in [1.82, 2.24) is 24.9 Å². The average molecular weight is 775 g/mol.